The summed E-state index contributed by atoms with van der Waals surface area (Å²) in [6.45, 7) is 4.40. The van der Waals surface area contributed by atoms with Crippen molar-refractivity contribution in [2.45, 2.75) is 44.6 Å². The van der Waals surface area contributed by atoms with Crippen LogP contribution in [0.5, 0.6) is 0 Å². The van der Waals surface area contributed by atoms with Crippen molar-refractivity contribution in [2.75, 3.05) is 6.54 Å². The van der Waals surface area contributed by atoms with Crippen LogP contribution in [0.2, 0.25) is 0 Å². The van der Waals surface area contributed by atoms with E-state index < -0.39 is 11.6 Å². The maximum absolute atomic E-state index is 13.7. The topological polar surface area (TPSA) is 55.1 Å². The highest BCUT2D eigenvalue weighted by Gasteiger charge is 2.45. The molecule has 2 rings (SSSR count). The van der Waals surface area contributed by atoms with E-state index in [0.29, 0.717) is 18.5 Å². The highest BCUT2D eigenvalue weighted by molar-refractivity contribution is 5.83. The van der Waals surface area contributed by atoms with Crippen molar-refractivity contribution in [3.8, 4) is 0 Å². The molecule has 0 heterocycles. The molecule has 1 aromatic rings. The normalized spacial score (nSPS) is 21.2. The van der Waals surface area contributed by atoms with Crippen molar-refractivity contribution in [1.29, 1.82) is 0 Å². The zero-order chi connectivity index (χ0) is 15.6. The van der Waals surface area contributed by atoms with E-state index in [1.165, 1.54) is 12.1 Å². The van der Waals surface area contributed by atoms with Gasteiger partial charge >= 0.3 is 0 Å². The summed E-state index contributed by atoms with van der Waals surface area (Å²) >= 11 is 0. The minimum absolute atomic E-state index is 0.0968. The van der Waals surface area contributed by atoms with E-state index in [4.69, 9.17) is 5.73 Å². The van der Waals surface area contributed by atoms with Crippen molar-refractivity contribution in [3.63, 3.8) is 0 Å². The Kier molecular flexibility index (Phi) is 4.61. The summed E-state index contributed by atoms with van der Waals surface area (Å²) in [6, 6.07) is 3.51. The summed E-state index contributed by atoms with van der Waals surface area (Å²) < 4.78 is 26.6. The molecular weight excluding hydrogens is 274 g/mol. The molecule has 0 spiro atoms. The molecule has 1 amide bonds. The van der Waals surface area contributed by atoms with Gasteiger partial charge < -0.3 is 11.1 Å². The number of hydrogen-bond acceptors (Lipinski definition) is 2. The average Bonchev–Trinajstić information content (AvgIpc) is 3.24. The number of halogens is 2. The third-order valence-corrected chi connectivity index (χ3v) is 4.51. The van der Waals surface area contributed by atoms with Gasteiger partial charge in [-0.15, -0.1) is 0 Å². The third-order valence-electron chi connectivity index (χ3n) is 4.51. The third kappa shape index (κ3) is 3.59. The second kappa shape index (κ2) is 6.10. The molecule has 116 valence electrons. The zero-order valence-corrected chi connectivity index (χ0v) is 12.5. The Morgan fingerprint density at radius 2 is 2.05 bits per heavy atom. The van der Waals surface area contributed by atoms with E-state index in [2.05, 4.69) is 5.32 Å². The van der Waals surface area contributed by atoms with E-state index in [1.54, 1.807) is 0 Å². The molecule has 0 bridgehead atoms. The first-order chi connectivity index (χ1) is 9.90. The number of benzene rings is 1. The van der Waals surface area contributed by atoms with E-state index >= 15 is 0 Å². The Labute approximate surface area is 123 Å². The van der Waals surface area contributed by atoms with Crippen LogP contribution in [0.4, 0.5) is 8.78 Å². The number of nitrogens with one attached hydrogen (secondary N) is 1. The van der Waals surface area contributed by atoms with Gasteiger partial charge in [-0.05, 0) is 36.8 Å². The molecule has 3 nitrogen and oxygen atoms in total. The van der Waals surface area contributed by atoms with Gasteiger partial charge in [0, 0.05) is 24.1 Å². The lowest BCUT2D eigenvalue weighted by atomic mass is 9.94. The number of amides is 1. The Morgan fingerprint density at radius 3 is 2.62 bits per heavy atom. The average molecular weight is 296 g/mol. The second-order valence-corrected chi connectivity index (χ2v) is 5.90. The fraction of sp³-hybridized carbons (Fsp3) is 0.562. The van der Waals surface area contributed by atoms with Gasteiger partial charge in [-0.2, -0.15) is 0 Å². The maximum atomic E-state index is 13.7. The predicted octanol–water partition coefficient (Wildman–Crippen LogP) is 2.70. The van der Waals surface area contributed by atoms with Crippen molar-refractivity contribution in [3.05, 3.63) is 35.4 Å². The molecule has 1 aliphatic rings. The maximum Gasteiger partial charge on any atom is 0.223 e. The molecule has 1 saturated carbocycles. The molecule has 5 heteroatoms. The molecule has 0 radical (unpaired) electrons. The van der Waals surface area contributed by atoms with E-state index in [1.807, 2.05) is 13.8 Å². The molecule has 0 aromatic heterocycles. The van der Waals surface area contributed by atoms with Gasteiger partial charge in [-0.1, -0.05) is 19.9 Å². The van der Waals surface area contributed by atoms with Gasteiger partial charge in [-0.25, -0.2) is 8.78 Å². The Balaban J connectivity index is 1.92. The molecule has 3 N–H and O–H groups in total. The Morgan fingerprint density at radius 1 is 1.38 bits per heavy atom. The summed E-state index contributed by atoms with van der Waals surface area (Å²) in [5.41, 5.74) is 6.17. The molecular formula is C16H22F2N2O. The van der Waals surface area contributed by atoms with Crippen LogP contribution in [0.15, 0.2) is 18.2 Å². The molecule has 1 fully saturated rings. The van der Waals surface area contributed by atoms with Gasteiger partial charge in [-0.3, -0.25) is 4.79 Å². The lowest BCUT2D eigenvalue weighted by Crippen LogP contribution is -2.49. The summed E-state index contributed by atoms with van der Waals surface area (Å²) in [7, 11) is 0. The van der Waals surface area contributed by atoms with Crippen LogP contribution < -0.4 is 11.1 Å². The summed E-state index contributed by atoms with van der Waals surface area (Å²) in [4.78, 5) is 12.1. The first-order valence-electron chi connectivity index (χ1n) is 7.41. The van der Waals surface area contributed by atoms with Crippen LogP contribution in [0.1, 0.15) is 44.6 Å². The molecule has 2 unspecified atom stereocenters. The fourth-order valence-electron chi connectivity index (χ4n) is 2.52. The summed E-state index contributed by atoms with van der Waals surface area (Å²) in [5.74, 6) is -1.66. The lowest BCUT2D eigenvalue weighted by Gasteiger charge is -2.26. The van der Waals surface area contributed by atoms with Crippen LogP contribution in [0, 0.1) is 17.6 Å². The predicted molar refractivity (Wildman–Crippen MR) is 77.7 cm³/mol. The highest BCUT2D eigenvalue weighted by atomic mass is 19.1. The zero-order valence-electron chi connectivity index (χ0n) is 12.5. The first-order valence-corrected chi connectivity index (χ1v) is 7.41. The van der Waals surface area contributed by atoms with Gasteiger partial charge in [0.2, 0.25) is 5.91 Å². The Bertz CT molecular complexity index is 529. The molecule has 1 aliphatic carbocycles. The number of rotatable bonds is 6. The molecule has 0 saturated heterocycles. The summed E-state index contributed by atoms with van der Waals surface area (Å²) in [5, 5.41) is 2.86. The van der Waals surface area contributed by atoms with E-state index in [0.717, 1.165) is 18.9 Å². The van der Waals surface area contributed by atoms with Crippen molar-refractivity contribution < 1.29 is 13.6 Å². The standard InChI is InChI=1S/C16H22F2N2O/c1-3-16(19,4-2)9-20-15(21)13-8-12(13)11-6-5-10(17)7-14(11)18/h5-7,12-13H,3-4,8-9,19H2,1-2H3,(H,20,21). The van der Waals surface area contributed by atoms with Gasteiger partial charge in [0.05, 0.1) is 0 Å². The summed E-state index contributed by atoms with van der Waals surface area (Å²) in [6.07, 6.45) is 2.17. The van der Waals surface area contributed by atoms with E-state index in [9.17, 15) is 13.6 Å². The Hall–Kier alpha value is -1.49. The second-order valence-electron chi connectivity index (χ2n) is 5.90. The molecule has 2 atom stereocenters. The van der Waals surface area contributed by atoms with Gasteiger partial charge in [0.1, 0.15) is 11.6 Å². The van der Waals surface area contributed by atoms with Crippen molar-refractivity contribution in [1.82, 2.24) is 5.32 Å². The number of carbonyl (C=O) groups excluding carboxylic acids is 1. The fourth-order valence-corrected chi connectivity index (χ4v) is 2.52. The van der Waals surface area contributed by atoms with Gasteiger partial charge in [0.15, 0.2) is 0 Å². The molecule has 1 aromatic carbocycles. The smallest absolute Gasteiger partial charge is 0.223 e. The largest absolute Gasteiger partial charge is 0.354 e. The first kappa shape index (κ1) is 15.9. The minimum atomic E-state index is -0.600. The lowest BCUT2D eigenvalue weighted by molar-refractivity contribution is -0.122. The minimum Gasteiger partial charge on any atom is -0.354 e. The van der Waals surface area contributed by atoms with Crippen LogP contribution >= 0.6 is 0 Å². The van der Waals surface area contributed by atoms with E-state index in [-0.39, 0.29) is 23.3 Å². The molecule has 0 aliphatic heterocycles. The number of nitrogens with two attached hydrogens (primary N) is 1. The van der Waals surface area contributed by atoms with Crippen molar-refractivity contribution in [2.24, 2.45) is 11.7 Å². The quantitative estimate of drug-likeness (QED) is 0.848. The monoisotopic (exact) mass is 296 g/mol. The van der Waals surface area contributed by atoms with Crippen molar-refractivity contribution >= 4 is 5.91 Å². The van der Waals surface area contributed by atoms with Crippen LogP contribution in [-0.4, -0.2) is 18.0 Å². The SMILES string of the molecule is CCC(N)(CC)CNC(=O)C1CC1c1ccc(F)cc1F. The van der Waals surface area contributed by atoms with Crippen LogP contribution in [-0.2, 0) is 4.79 Å². The van der Waals surface area contributed by atoms with Crippen LogP contribution in [0.3, 0.4) is 0 Å². The highest BCUT2D eigenvalue weighted by Crippen LogP contribution is 2.48. The number of hydrogen-bond donors (Lipinski definition) is 2. The van der Waals surface area contributed by atoms with Crippen LogP contribution in [0.25, 0.3) is 0 Å². The molecule has 21 heavy (non-hydrogen) atoms. The number of carbonyl (C=O) groups is 1. The van der Waals surface area contributed by atoms with Gasteiger partial charge in [0.25, 0.3) is 0 Å².